The number of allylic oxidation sites excluding steroid dienone is 2. The number of rotatable bonds is 17. The van der Waals surface area contributed by atoms with Crippen LogP contribution in [-0.4, -0.2) is 67.5 Å². The van der Waals surface area contributed by atoms with E-state index in [1.165, 1.54) is 7.05 Å². The molecule has 0 saturated carbocycles. The van der Waals surface area contributed by atoms with Crippen LogP contribution in [-0.2, 0) is 24.0 Å². The quantitative estimate of drug-likeness (QED) is 0.0732. The second-order valence-electron chi connectivity index (χ2n) is 6.27. The second-order valence-corrected chi connectivity index (χ2v) is 8.87. The first-order chi connectivity index (χ1) is 16.5. The van der Waals surface area contributed by atoms with E-state index in [2.05, 4.69) is 16.9 Å². The van der Waals surface area contributed by atoms with Gasteiger partial charge in [-0.3, -0.25) is 9.79 Å². The van der Waals surface area contributed by atoms with Crippen LogP contribution in [0.25, 0.3) is 0 Å². The highest BCUT2D eigenvalue weighted by Crippen LogP contribution is 2.28. The van der Waals surface area contributed by atoms with Crippen LogP contribution in [0.4, 0.5) is 0 Å². The summed E-state index contributed by atoms with van der Waals surface area (Å²) in [5.74, 6) is 0.0540. The van der Waals surface area contributed by atoms with E-state index < -0.39 is 5.97 Å². The zero-order valence-electron chi connectivity index (χ0n) is 21.4. The smallest absolute Gasteiger partial charge is 0.332 e. The van der Waals surface area contributed by atoms with Gasteiger partial charge in [0, 0.05) is 38.5 Å². The van der Waals surface area contributed by atoms with Gasteiger partial charge in [-0.2, -0.15) is 5.06 Å². The molecule has 0 saturated heterocycles. The molecule has 0 spiro atoms. The van der Waals surface area contributed by atoms with Crippen LogP contribution in [0, 0.1) is 0 Å². The summed E-state index contributed by atoms with van der Waals surface area (Å²) >= 11 is 0. The molecule has 1 unspecified atom stereocenters. The summed E-state index contributed by atoms with van der Waals surface area (Å²) in [7, 11) is 6.58. The molecule has 0 aliphatic rings. The molecule has 0 aromatic carbocycles. The fraction of sp³-hybridized carbons (Fsp3) is 0.625. The van der Waals surface area contributed by atoms with Crippen molar-refractivity contribution in [2.75, 3.05) is 26.4 Å². The van der Waals surface area contributed by atoms with Gasteiger partial charge in [-0.15, -0.1) is 0 Å². The average molecular weight is 518 g/mol. The van der Waals surface area contributed by atoms with Gasteiger partial charge in [-0.1, -0.05) is 60.6 Å². The lowest BCUT2D eigenvalue weighted by Gasteiger charge is -2.15. The zero-order chi connectivity index (χ0) is 26.5. The van der Waals surface area contributed by atoms with Crippen LogP contribution in [0.5, 0.6) is 0 Å². The molecule has 8 nitrogen and oxygen atoms in total. The first-order valence-corrected chi connectivity index (χ1v) is 13.9. The molecule has 1 N–H and O–H groups in total. The topological polar surface area (TPSA) is 105 Å². The Balaban J connectivity index is -0.000000541. The van der Waals surface area contributed by atoms with Gasteiger partial charge in [0.25, 0.3) is 5.91 Å². The van der Waals surface area contributed by atoms with Gasteiger partial charge in [0.2, 0.25) is 0 Å². The average Bonchev–Trinajstić information content (AvgIpc) is 2.85. The SMILES string of the molecule is C=CC=CC(/N=C\C)SSCCC=O.CC.CNCCCCCC(=O)ON(C)C(=O)CCC=O. The summed E-state index contributed by atoms with van der Waals surface area (Å²) in [6.07, 6.45) is 12.8. The maximum Gasteiger partial charge on any atom is 0.332 e. The highest BCUT2D eigenvalue weighted by atomic mass is 33.1. The predicted molar refractivity (Wildman–Crippen MR) is 146 cm³/mol. The van der Waals surface area contributed by atoms with Crippen molar-refractivity contribution in [3.05, 3.63) is 24.8 Å². The molecule has 1 amide bonds. The molecular weight excluding hydrogens is 474 g/mol. The number of nitrogens with one attached hydrogen (secondary N) is 1. The molecule has 0 aromatic heterocycles. The molecule has 0 bridgehead atoms. The minimum absolute atomic E-state index is 0.0649. The van der Waals surface area contributed by atoms with Crippen LogP contribution in [0.3, 0.4) is 0 Å². The third kappa shape index (κ3) is 28.1. The standard InChI is InChI=1S/C12H22N2O4.C10H15NOS2.C2H6/c1-13-9-5-3-4-8-12(17)18-14(2)11(16)7-6-10-15;1-3-5-7-10(11-4-2)14-13-9-6-8-12;1-2/h10,13H,3-9H2,1-2H3;3-5,7-8,10H,1,6,9H2,2H3;1-2H3/b;7-5?,11-4-;. The lowest BCUT2D eigenvalue weighted by atomic mass is 10.2. The second kappa shape index (κ2) is 31.1. The van der Waals surface area contributed by atoms with Crippen LogP contribution in [0.1, 0.15) is 65.7 Å². The highest BCUT2D eigenvalue weighted by molar-refractivity contribution is 8.77. The summed E-state index contributed by atoms with van der Waals surface area (Å²) in [6, 6.07) is 0. The van der Waals surface area contributed by atoms with E-state index in [1.807, 2.05) is 40.0 Å². The van der Waals surface area contributed by atoms with Crippen LogP contribution in [0.2, 0.25) is 0 Å². The van der Waals surface area contributed by atoms with Crippen molar-refractivity contribution in [1.82, 2.24) is 10.4 Å². The predicted octanol–water partition coefficient (Wildman–Crippen LogP) is 4.80. The number of hydrogen-bond acceptors (Lipinski definition) is 9. The Bertz CT molecular complexity index is 587. The molecule has 0 aliphatic heterocycles. The normalized spacial score (nSPS) is 11.0. The number of aldehydes is 2. The summed E-state index contributed by atoms with van der Waals surface area (Å²) < 4.78 is 0. The van der Waals surface area contributed by atoms with Crippen LogP contribution < -0.4 is 5.32 Å². The number of amides is 1. The summed E-state index contributed by atoms with van der Waals surface area (Å²) in [6.45, 7) is 10.4. The third-order valence-electron chi connectivity index (χ3n) is 3.57. The van der Waals surface area contributed by atoms with E-state index in [0.29, 0.717) is 19.1 Å². The van der Waals surface area contributed by atoms with Crippen molar-refractivity contribution >= 4 is 52.3 Å². The van der Waals surface area contributed by atoms with E-state index in [-0.39, 0.29) is 24.1 Å². The fourth-order valence-corrected chi connectivity index (χ4v) is 4.07. The highest BCUT2D eigenvalue weighted by Gasteiger charge is 2.13. The van der Waals surface area contributed by atoms with Crippen molar-refractivity contribution in [2.45, 2.75) is 71.1 Å². The van der Waals surface area contributed by atoms with Crippen molar-refractivity contribution in [1.29, 1.82) is 0 Å². The molecule has 10 heteroatoms. The molecule has 1 atom stereocenters. The van der Waals surface area contributed by atoms with E-state index in [0.717, 1.165) is 42.9 Å². The fourth-order valence-electron chi connectivity index (χ4n) is 1.98. The largest absolute Gasteiger partial charge is 0.338 e. The number of unbranched alkanes of at least 4 members (excludes halogenated alkanes) is 2. The van der Waals surface area contributed by atoms with Crippen LogP contribution in [0.15, 0.2) is 29.8 Å². The van der Waals surface area contributed by atoms with Gasteiger partial charge in [0.15, 0.2) is 0 Å². The zero-order valence-corrected chi connectivity index (χ0v) is 23.0. The van der Waals surface area contributed by atoms with Gasteiger partial charge in [-0.05, 0) is 45.6 Å². The van der Waals surface area contributed by atoms with Crippen molar-refractivity contribution in [2.24, 2.45) is 4.99 Å². The van der Waals surface area contributed by atoms with E-state index >= 15 is 0 Å². The van der Waals surface area contributed by atoms with Crippen molar-refractivity contribution in [3.63, 3.8) is 0 Å². The number of nitrogens with zero attached hydrogens (tertiary/aromatic N) is 2. The lowest BCUT2D eigenvalue weighted by molar-refractivity contribution is -0.192. The minimum Gasteiger partial charge on any atom is -0.338 e. The Morgan fingerprint density at radius 1 is 1.12 bits per heavy atom. The minimum atomic E-state index is -0.415. The van der Waals surface area contributed by atoms with Gasteiger partial charge in [0.05, 0.1) is 0 Å². The Labute approximate surface area is 213 Å². The number of hydrogen-bond donors (Lipinski definition) is 1. The van der Waals surface area contributed by atoms with E-state index in [1.54, 1.807) is 33.9 Å². The molecule has 0 aliphatic carbocycles. The van der Waals surface area contributed by atoms with E-state index in [4.69, 9.17) is 4.84 Å². The summed E-state index contributed by atoms with van der Waals surface area (Å²) in [5.41, 5.74) is 0. The van der Waals surface area contributed by atoms with Crippen LogP contribution >= 0.6 is 21.6 Å². The molecule has 0 aromatic rings. The first kappa shape index (κ1) is 36.7. The number of carbonyl (C=O) groups excluding carboxylic acids is 4. The van der Waals surface area contributed by atoms with Crippen molar-refractivity contribution < 1.29 is 24.0 Å². The molecule has 196 valence electrons. The van der Waals surface area contributed by atoms with Gasteiger partial charge in [0.1, 0.15) is 17.9 Å². The Kier molecular flexibility index (Phi) is 33.5. The van der Waals surface area contributed by atoms with Gasteiger partial charge in [-0.25, -0.2) is 4.79 Å². The van der Waals surface area contributed by atoms with E-state index in [9.17, 15) is 19.2 Å². The van der Waals surface area contributed by atoms with Crippen molar-refractivity contribution in [3.8, 4) is 0 Å². The molecule has 0 fully saturated rings. The molecule has 0 radical (unpaired) electrons. The summed E-state index contributed by atoms with van der Waals surface area (Å²) in [5, 5.41) is 4.05. The Morgan fingerprint density at radius 2 is 1.79 bits per heavy atom. The molecule has 0 heterocycles. The maximum atomic E-state index is 11.4. The Hall–Kier alpha value is -1.91. The van der Waals surface area contributed by atoms with Gasteiger partial charge < -0.3 is 19.7 Å². The summed E-state index contributed by atoms with van der Waals surface area (Å²) in [4.78, 5) is 51.9. The number of aliphatic imine (C=N–C) groups is 1. The first-order valence-electron chi connectivity index (χ1n) is 11.5. The number of hydroxylamine groups is 2. The maximum absolute atomic E-state index is 11.4. The van der Waals surface area contributed by atoms with Gasteiger partial charge >= 0.3 is 5.97 Å². The number of carbonyl (C=O) groups is 4. The Morgan fingerprint density at radius 3 is 2.35 bits per heavy atom. The molecule has 34 heavy (non-hydrogen) atoms. The molecule has 0 rings (SSSR count). The molecular formula is C24H43N3O5S2. The monoisotopic (exact) mass is 517 g/mol. The lowest BCUT2D eigenvalue weighted by Crippen LogP contribution is -2.29. The third-order valence-corrected chi connectivity index (χ3v) is 6.08.